The van der Waals surface area contributed by atoms with Crippen LogP contribution in [0.1, 0.15) is 26.6 Å². The number of methoxy groups -OCH3 is 2. The van der Waals surface area contributed by atoms with Crippen LogP contribution in [0.5, 0.6) is 11.5 Å². The summed E-state index contributed by atoms with van der Waals surface area (Å²) >= 11 is 0. The summed E-state index contributed by atoms with van der Waals surface area (Å²) in [7, 11) is 2.93. The molecular weight excluding hydrogens is 290 g/mol. The first kappa shape index (κ1) is 15.6. The van der Waals surface area contributed by atoms with Gasteiger partial charge in [0.1, 0.15) is 11.5 Å². The van der Waals surface area contributed by atoms with Gasteiger partial charge in [0.05, 0.1) is 25.5 Å². The maximum Gasteiger partial charge on any atom is 0.377 e. The molecule has 1 heterocycles. The number of carbonyl (C=O) groups excluding carboxylic acids is 2. The van der Waals surface area contributed by atoms with Crippen molar-refractivity contribution in [1.29, 1.82) is 0 Å². The van der Waals surface area contributed by atoms with Crippen LogP contribution in [0.15, 0.2) is 28.8 Å². The van der Waals surface area contributed by atoms with E-state index in [1.165, 1.54) is 26.4 Å². The van der Waals surface area contributed by atoms with Crippen molar-refractivity contribution < 1.29 is 28.3 Å². The van der Waals surface area contributed by atoms with Crippen molar-refractivity contribution in [2.24, 2.45) is 0 Å². The van der Waals surface area contributed by atoms with Gasteiger partial charge in [-0.2, -0.15) is 0 Å². The number of Topliss-reactive ketones (excluding diaryl/α,β-unsaturated/α-hetero) is 1. The number of rotatable bonds is 6. The van der Waals surface area contributed by atoms with Crippen LogP contribution in [0.2, 0.25) is 0 Å². The minimum absolute atomic E-state index is 0.0529. The number of hydrogen-bond acceptors (Lipinski definition) is 7. The zero-order chi connectivity index (χ0) is 16.1. The Hall–Kier alpha value is -2.83. The van der Waals surface area contributed by atoms with Crippen molar-refractivity contribution in [1.82, 2.24) is 5.16 Å². The molecule has 0 aliphatic carbocycles. The van der Waals surface area contributed by atoms with E-state index < -0.39 is 18.4 Å². The Balaban J connectivity index is 2.07. The van der Waals surface area contributed by atoms with Gasteiger partial charge in [-0.3, -0.25) is 4.79 Å². The maximum absolute atomic E-state index is 12.2. The standard InChI is InChI=1S/C15H15NO6/c1-9-6-14(22-16-9)15(18)21-8-12(17)11-7-10(19-2)4-5-13(11)20-3/h4-7H,8H2,1-3H3. The summed E-state index contributed by atoms with van der Waals surface area (Å²) < 4.78 is 19.9. The Bertz CT molecular complexity index is 691. The third kappa shape index (κ3) is 3.43. The number of ketones is 1. The van der Waals surface area contributed by atoms with Gasteiger partial charge in [0, 0.05) is 6.07 Å². The highest BCUT2D eigenvalue weighted by Crippen LogP contribution is 2.24. The van der Waals surface area contributed by atoms with Crippen LogP contribution >= 0.6 is 0 Å². The molecule has 7 nitrogen and oxygen atoms in total. The van der Waals surface area contributed by atoms with E-state index in [1.807, 2.05) is 0 Å². The van der Waals surface area contributed by atoms with Crippen LogP contribution in [0.3, 0.4) is 0 Å². The molecule has 0 saturated heterocycles. The average Bonchev–Trinajstić information content (AvgIpc) is 2.98. The molecule has 0 spiro atoms. The minimum atomic E-state index is -0.754. The third-order valence-corrected chi connectivity index (χ3v) is 2.87. The van der Waals surface area contributed by atoms with E-state index in [9.17, 15) is 9.59 Å². The Morgan fingerprint density at radius 1 is 1.18 bits per heavy atom. The van der Waals surface area contributed by atoms with Gasteiger partial charge in [0.2, 0.25) is 11.5 Å². The van der Waals surface area contributed by atoms with Crippen LogP contribution in [0.4, 0.5) is 0 Å². The molecule has 2 aromatic rings. The zero-order valence-corrected chi connectivity index (χ0v) is 12.4. The van der Waals surface area contributed by atoms with Crippen molar-refractivity contribution in [2.75, 3.05) is 20.8 Å². The molecule has 2 rings (SSSR count). The zero-order valence-electron chi connectivity index (χ0n) is 12.4. The van der Waals surface area contributed by atoms with Gasteiger partial charge in [0.25, 0.3) is 0 Å². The lowest BCUT2D eigenvalue weighted by Gasteiger charge is -2.09. The molecule has 0 fully saturated rings. The molecule has 22 heavy (non-hydrogen) atoms. The number of aryl methyl sites for hydroxylation is 1. The summed E-state index contributed by atoms with van der Waals surface area (Å²) in [6.45, 7) is 1.23. The van der Waals surface area contributed by atoms with E-state index in [1.54, 1.807) is 19.1 Å². The van der Waals surface area contributed by atoms with Crippen LogP contribution in [-0.2, 0) is 4.74 Å². The molecule has 0 bridgehead atoms. The summed E-state index contributed by atoms with van der Waals surface area (Å²) in [5.74, 6) is -0.349. The van der Waals surface area contributed by atoms with Gasteiger partial charge in [-0.1, -0.05) is 5.16 Å². The number of aromatic nitrogens is 1. The predicted octanol–water partition coefficient (Wildman–Crippen LogP) is 2.04. The molecule has 0 N–H and O–H groups in total. The van der Waals surface area contributed by atoms with E-state index >= 15 is 0 Å². The fraction of sp³-hybridized carbons (Fsp3) is 0.267. The van der Waals surface area contributed by atoms with E-state index in [4.69, 9.17) is 18.7 Å². The summed E-state index contributed by atoms with van der Waals surface area (Å²) in [4.78, 5) is 23.9. The Morgan fingerprint density at radius 2 is 1.95 bits per heavy atom. The lowest BCUT2D eigenvalue weighted by Crippen LogP contribution is -2.14. The molecule has 0 amide bonds. The van der Waals surface area contributed by atoms with Gasteiger partial charge < -0.3 is 18.7 Å². The number of ether oxygens (including phenoxy) is 3. The normalized spacial score (nSPS) is 10.1. The summed E-state index contributed by atoms with van der Waals surface area (Å²) in [6.07, 6.45) is 0. The van der Waals surface area contributed by atoms with Gasteiger partial charge in [-0.25, -0.2) is 4.79 Å². The van der Waals surface area contributed by atoms with Crippen molar-refractivity contribution in [3.63, 3.8) is 0 Å². The molecule has 0 aliphatic rings. The van der Waals surface area contributed by atoms with Gasteiger partial charge in [0.15, 0.2) is 6.61 Å². The minimum Gasteiger partial charge on any atom is -0.497 e. The molecular formula is C15H15NO6. The summed E-state index contributed by atoms with van der Waals surface area (Å²) in [5, 5.41) is 3.58. The monoisotopic (exact) mass is 305 g/mol. The Kier molecular flexibility index (Phi) is 4.77. The van der Waals surface area contributed by atoms with Crippen molar-refractivity contribution >= 4 is 11.8 Å². The summed E-state index contributed by atoms with van der Waals surface area (Å²) in [5.41, 5.74) is 0.816. The highest BCUT2D eigenvalue weighted by molar-refractivity contribution is 6.01. The van der Waals surface area contributed by atoms with Crippen molar-refractivity contribution in [3.8, 4) is 11.5 Å². The molecule has 1 aromatic heterocycles. The predicted molar refractivity (Wildman–Crippen MR) is 75.4 cm³/mol. The van der Waals surface area contributed by atoms with Gasteiger partial charge in [-0.05, 0) is 25.1 Å². The third-order valence-electron chi connectivity index (χ3n) is 2.87. The fourth-order valence-corrected chi connectivity index (χ4v) is 1.77. The fourth-order valence-electron chi connectivity index (χ4n) is 1.77. The van der Waals surface area contributed by atoms with E-state index in [0.29, 0.717) is 17.2 Å². The largest absolute Gasteiger partial charge is 0.497 e. The summed E-state index contributed by atoms with van der Waals surface area (Å²) in [6, 6.07) is 6.22. The number of nitrogens with zero attached hydrogens (tertiary/aromatic N) is 1. The maximum atomic E-state index is 12.2. The first-order valence-corrected chi connectivity index (χ1v) is 6.41. The van der Waals surface area contributed by atoms with E-state index in [2.05, 4.69) is 5.16 Å². The topological polar surface area (TPSA) is 87.9 Å². The number of hydrogen-bond donors (Lipinski definition) is 0. The molecule has 0 aliphatic heterocycles. The molecule has 0 radical (unpaired) electrons. The molecule has 116 valence electrons. The van der Waals surface area contributed by atoms with Crippen LogP contribution in [-0.4, -0.2) is 37.7 Å². The SMILES string of the molecule is COc1ccc(OC)c(C(=O)COC(=O)c2cc(C)no2)c1. The lowest BCUT2D eigenvalue weighted by atomic mass is 10.1. The van der Waals surface area contributed by atoms with Crippen LogP contribution in [0.25, 0.3) is 0 Å². The molecule has 0 saturated carbocycles. The smallest absolute Gasteiger partial charge is 0.377 e. The van der Waals surface area contributed by atoms with Crippen molar-refractivity contribution in [3.05, 3.63) is 41.3 Å². The average molecular weight is 305 g/mol. The second-order valence-electron chi connectivity index (χ2n) is 4.40. The van der Waals surface area contributed by atoms with Gasteiger partial charge >= 0.3 is 5.97 Å². The number of esters is 1. The van der Waals surface area contributed by atoms with Crippen LogP contribution < -0.4 is 9.47 Å². The number of benzene rings is 1. The first-order valence-electron chi connectivity index (χ1n) is 6.41. The molecule has 1 aromatic carbocycles. The van der Waals surface area contributed by atoms with Crippen LogP contribution in [0, 0.1) is 6.92 Å². The quantitative estimate of drug-likeness (QED) is 0.596. The van der Waals surface area contributed by atoms with E-state index in [0.717, 1.165) is 0 Å². The molecule has 7 heteroatoms. The van der Waals surface area contributed by atoms with Crippen molar-refractivity contribution in [2.45, 2.75) is 6.92 Å². The second kappa shape index (κ2) is 6.75. The first-order chi connectivity index (χ1) is 10.5. The highest BCUT2D eigenvalue weighted by Gasteiger charge is 2.18. The number of carbonyl (C=O) groups is 2. The second-order valence-corrected chi connectivity index (χ2v) is 4.40. The Labute approximate surface area is 126 Å². The highest BCUT2D eigenvalue weighted by atomic mass is 16.6. The van der Waals surface area contributed by atoms with Gasteiger partial charge in [-0.15, -0.1) is 0 Å². The van der Waals surface area contributed by atoms with E-state index in [-0.39, 0.29) is 11.3 Å². The molecule has 0 atom stereocenters. The lowest BCUT2D eigenvalue weighted by molar-refractivity contribution is 0.0434. The Morgan fingerprint density at radius 3 is 2.55 bits per heavy atom. The molecule has 0 unspecified atom stereocenters.